The Morgan fingerprint density at radius 1 is 0.559 bits per heavy atom. The van der Waals surface area contributed by atoms with Crippen LogP contribution in [-0.4, -0.2) is 114 Å². The molecule has 394 valence electrons. The average Bonchev–Trinajstić information content (AvgIpc) is 3.29. The molecule has 1 fully saturated rings. The third-order valence-corrected chi connectivity index (χ3v) is 12.7. The molecule has 0 aromatic carbocycles. The second-order valence-electron chi connectivity index (χ2n) is 17.3. The monoisotopic (exact) mass is 1010 g/mol. The van der Waals surface area contributed by atoms with E-state index in [0.29, 0.717) is 25.7 Å². The van der Waals surface area contributed by atoms with Crippen LogP contribution in [0.25, 0.3) is 0 Å². The highest BCUT2D eigenvalue weighted by atomic mass is 31.2. The molecule has 0 aromatic heterocycles. The maximum atomic E-state index is 13.0. The van der Waals surface area contributed by atoms with Crippen LogP contribution in [0.3, 0.4) is 0 Å². The molecular formula is C49H86O17P2. The normalized spacial score (nSPS) is 22.2. The van der Waals surface area contributed by atoms with E-state index < -0.39 is 89.6 Å². The highest BCUT2D eigenvalue weighted by molar-refractivity contribution is 7.47. The maximum Gasteiger partial charge on any atom is 0.472 e. The highest BCUT2D eigenvalue weighted by Gasteiger charge is 2.54. The maximum absolute atomic E-state index is 13.0. The molecule has 0 amide bonds. The summed E-state index contributed by atoms with van der Waals surface area (Å²) in [7, 11) is -10.7. The Balaban J connectivity index is 2.59. The number of hydrogen-bond donors (Lipinski definition) is 8. The molecule has 0 aliphatic heterocycles. The molecule has 1 saturated carbocycles. The molecule has 6 unspecified atom stereocenters. The van der Waals surface area contributed by atoms with E-state index >= 15 is 0 Å². The van der Waals surface area contributed by atoms with Crippen molar-refractivity contribution in [2.24, 2.45) is 0 Å². The van der Waals surface area contributed by atoms with Gasteiger partial charge in [-0.1, -0.05) is 158 Å². The molecule has 68 heavy (non-hydrogen) atoms. The largest absolute Gasteiger partial charge is 0.472 e. The van der Waals surface area contributed by atoms with Crippen LogP contribution in [-0.2, 0) is 41.8 Å². The zero-order chi connectivity index (χ0) is 50.5. The zero-order valence-corrected chi connectivity index (χ0v) is 42.4. The van der Waals surface area contributed by atoms with E-state index in [2.05, 4.69) is 54.8 Å². The number of allylic oxidation sites excluding steroid dienone is 9. The Bertz CT molecular complexity index is 1560. The van der Waals surface area contributed by atoms with Crippen molar-refractivity contribution in [1.29, 1.82) is 0 Å². The summed E-state index contributed by atoms with van der Waals surface area (Å²) in [6, 6.07) is 0. The molecule has 8 N–H and O–H groups in total. The number of hydrogen-bond acceptors (Lipinski definition) is 14. The molecule has 0 radical (unpaired) electrons. The van der Waals surface area contributed by atoms with Crippen LogP contribution >= 0.6 is 15.6 Å². The van der Waals surface area contributed by atoms with Gasteiger partial charge in [0.15, 0.2) is 6.10 Å². The van der Waals surface area contributed by atoms with Crippen molar-refractivity contribution < 1.29 is 82.0 Å². The number of carbonyl (C=O) groups is 2. The van der Waals surface area contributed by atoms with E-state index in [1.165, 1.54) is 38.5 Å². The Morgan fingerprint density at radius 3 is 1.66 bits per heavy atom. The van der Waals surface area contributed by atoms with Gasteiger partial charge in [-0.3, -0.25) is 23.2 Å². The Morgan fingerprint density at radius 2 is 1.07 bits per heavy atom. The predicted molar refractivity (Wildman–Crippen MR) is 261 cm³/mol. The molecule has 1 aliphatic carbocycles. The van der Waals surface area contributed by atoms with E-state index in [1.807, 2.05) is 18.2 Å². The van der Waals surface area contributed by atoms with Crippen molar-refractivity contribution >= 4 is 27.6 Å². The van der Waals surface area contributed by atoms with Gasteiger partial charge < -0.3 is 49.7 Å². The van der Waals surface area contributed by atoms with Gasteiger partial charge in [-0.15, -0.1) is 0 Å². The fourth-order valence-electron chi connectivity index (χ4n) is 7.30. The number of phosphoric acid groups is 2. The standard InChI is InChI=1S/C49H86O17P2/c1-3-5-7-9-11-12-13-14-15-16-17-18-19-20-21-22-24-28-32-36-42(51)62-38-41(64-43(52)37-33-29-25-27-31-35-40(50)34-30-26-23-10-8-6-4-2)39-63-68(60,61)66-49-46(55)44(53)45(54)48(47(49)56)65-67(57,58)59/h6,8,11-12,14-15,23,26,30,34,40-41,44-50,53-56H,3-5,7,9-10,13,16-22,24-25,27-29,31-33,35-39H2,1-2H3,(H,60,61)(H2,57,58,59)/b8-6+,12-11-,15-14-,26-23+,34-30+/t40?,41-,44?,45?,46?,47?,48-,49+/m1/s1. The lowest BCUT2D eigenvalue weighted by molar-refractivity contribution is -0.216. The number of aliphatic hydroxyl groups excluding tert-OH is 5. The second kappa shape index (κ2) is 39.3. The Kier molecular flexibility index (Phi) is 36.8. The van der Waals surface area contributed by atoms with E-state index in [1.54, 1.807) is 6.08 Å². The SMILES string of the molecule is CC/C=C/C/C=C/C=C/C(O)CCCCCCCC(=O)O[C@H](COC(=O)CCCCCCCCCCC/C=C\C/C=C\CCCCC)COP(=O)(O)O[C@H]1C(O)C(O)C(O)[C@@H](OP(=O)(O)O)C1O. The summed E-state index contributed by atoms with van der Waals surface area (Å²) in [4.78, 5) is 54.4. The van der Waals surface area contributed by atoms with E-state index in [0.717, 1.165) is 83.5 Å². The molecule has 0 heterocycles. The van der Waals surface area contributed by atoms with Crippen molar-refractivity contribution in [2.75, 3.05) is 13.2 Å². The first-order chi connectivity index (χ1) is 32.5. The van der Waals surface area contributed by atoms with Gasteiger partial charge in [0.05, 0.1) is 12.7 Å². The second-order valence-corrected chi connectivity index (χ2v) is 19.9. The van der Waals surface area contributed by atoms with Crippen molar-refractivity contribution in [2.45, 2.75) is 223 Å². The molecule has 9 atom stereocenters. The lowest BCUT2D eigenvalue weighted by Crippen LogP contribution is -2.64. The summed E-state index contributed by atoms with van der Waals surface area (Å²) >= 11 is 0. The molecule has 19 heteroatoms. The van der Waals surface area contributed by atoms with Crippen molar-refractivity contribution in [3.8, 4) is 0 Å². The van der Waals surface area contributed by atoms with Crippen LogP contribution in [0.15, 0.2) is 60.8 Å². The molecule has 0 aromatic rings. The molecule has 0 saturated heterocycles. The number of esters is 2. The quantitative estimate of drug-likeness (QED) is 0.00934. The number of rotatable bonds is 41. The zero-order valence-electron chi connectivity index (χ0n) is 40.6. The summed E-state index contributed by atoms with van der Waals surface area (Å²) in [5.74, 6) is -1.29. The summed E-state index contributed by atoms with van der Waals surface area (Å²) in [6.07, 6.45) is 27.5. The van der Waals surface area contributed by atoms with E-state index in [9.17, 15) is 58.9 Å². The average molecular weight is 1010 g/mol. The van der Waals surface area contributed by atoms with Crippen LogP contribution in [0.5, 0.6) is 0 Å². The molecule has 1 rings (SSSR count). The van der Waals surface area contributed by atoms with Crippen molar-refractivity contribution in [1.82, 2.24) is 0 Å². The van der Waals surface area contributed by atoms with Crippen LogP contribution in [0.1, 0.15) is 174 Å². The molecular weight excluding hydrogens is 922 g/mol. The minimum Gasteiger partial charge on any atom is -0.462 e. The molecule has 1 aliphatic rings. The van der Waals surface area contributed by atoms with Crippen LogP contribution in [0, 0.1) is 0 Å². The fraction of sp³-hybridized carbons (Fsp3) is 0.755. The van der Waals surface area contributed by atoms with Crippen molar-refractivity contribution in [3.05, 3.63) is 60.8 Å². The number of aliphatic hydroxyl groups is 5. The van der Waals surface area contributed by atoms with Gasteiger partial charge in [-0.2, -0.15) is 0 Å². The number of carbonyl (C=O) groups excluding carboxylic acids is 2. The molecule has 0 bridgehead atoms. The minimum absolute atomic E-state index is 0.0286. The molecule has 17 nitrogen and oxygen atoms in total. The van der Waals surface area contributed by atoms with Crippen LogP contribution < -0.4 is 0 Å². The van der Waals surface area contributed by atoms with Crippen LogP contribution in [0.4, 0.5) is 0 Å². The summed E-state index contributed by atoms with van der Waals surface area (Å²) < 4.78 is 49.4. The van der Waals surface area contributed by atoms with Gasteiger partial charge in [0.25, 0.3) is 0 Å². The van der Waals surface area contributed by atoms with Gasteiger partial charge in [-0.05, 0) is 64.2 Å². The predicted octanol–water partition coefficient (Wildman–Crippen LogP) is 8.81. The first-order valence-electron chi connectivity index (χ1n) is 24.9. The van der Waals surface area contributed by atoms with Crippen molar-refractivity contribution in [3.63, 3.8) is 0 Å². The Hall–Kier alpha value is -2.34. The first-order valence-corrected chi connectivity index (χ1v) is 28.0. The smallest absolute Gasteiger partial charge is 0.462 e. The number of phosphoric ester groups is 2. The highest BCUT2D eigenvalue weighted by Crippen LogP contribution is 2.49. The fourth-order valence-corrected chi connectivity index (χ4v) is 8.84. The Labute approximate surface area is 405 Å². The van der Waals surface area contributed by atoms with Crippen LogP contribution in [0.2, 0.25) is 0 Å². The minimum atomic E-state index is -5.38. The number of unbranched alkanes of at least 4 members (excludes halogenated alkanes) is 16. The first kappa shape index (κ1) is 63.7. The van der Waals surface area contributed by atoms with Gasteiger partial charge in [0, 0.05) is 12.8 Å². The van der Waals surface area contributed by atoms with E-state index in [-0.39, 0.29) is 12.8 Å². The van der Waals surface area contributed by atoms with E-state index in [4.69, 9.17) is 18.5 Å². The van der Waals surface area contributed by atoms with Gasteiger partial charge in [0.1, 0.15) is 43.2 Å². The molecule has 0 spiro atoms. The van der Waals surface area contributed by atoms with Gasteiger partial charge in [-0.25, -0.2) is 9.13 Å². The van der Waals surface area contributed by atoms with Gasteiger partial charge >= 0.3 is 27.6 Å². The lowest BCUT2D eigenvalue weighted by Gasteiger charge is -2.43. The summed E-state index contributed by atoms with van der Waals surface area (Å²) in [5, 5.41) is 51.5. The summed E-state index contributed by atoms with van der Waals surface area (Å²) in [5.41, 5.74) is 0. The topological polar surface area (TPSA) is 276 Å². The summed E-state index contributed by atoms with van der Waals surface area (Å²) in [6.45, 7) is 2.88. The number of ether oxygens (including phenoxy) is 2. The third-order valence-electron chi connectivity index (χ3n) is 11.2. The van der Waals surface area contributed by atoms with Gasteiger partial charge in [0.2, 0.25) is 0 Å². The third kappa shape index (κ3) is 33.3. The lowest BCUT2D eigenvalue weighted by atomic mass is 9.85.